The second-order valence-corrected chi connectivity index (χ2v) is 4.87. The summed E-state index contributed by atoms with van der Waals surface area (Å²) in [5.74, 6) is 1.39. The van der Waals surface area contributed by atoms with Gasteiger partial charge < -0.3 is 19.1 Å². The van der Waals surface area contributed by atoms with Crippen molar-refractivity contribution in [2.75, 3.05) is 34.4 Å². The van der Waals surface area contributed by atoms with Crippen LogP contribution in [0, 0.1) is 0 Å². The van der Waals surface area contributed by atoms with E-state index in [-0.39, 0.29) is 12.0 Å². The SMILES string of the molecule is COc1ccc(/C=C/C(=O)N2CCC(OC)C2)c(OC)c1. The van der Waals surface area contributed by atoms with E-state index in [4.69, 9.17) is 14.2 Å². The molecule has 0 radical (unpaired) electrons. The highest BCUT2D eigenvalue weighted by Crippen LogP contribution is 2.25. The first-order valence-electron chi connectivity index (χ1n) is 6.89. The third-order valence-electron chi connectivity index (χ3n) is 3.64. The second kappa shape index (κ2) is 7.13. The van der Waals surface area contributed by atoms with Crippen molar-refractivity contribution >= 4 is 12.0 Å². The van der Waals surface area contributed by atoms with E-state index in [1.54, 1.807) is 44.4 Å². The van der Waals surface area contributed by atoms with E-state index in [9.17, 15) is 4.79 Å². The van der Waals surface area contributed by atoms with Crippen LogP contribution in [0.5, 0.6) is 11.5 Å². The number of rotatable bonds is 5. The highest BCUT2D eigenvalue weighted by Gasteiger charge is 2.24. The van der Waals surface area contributed by atoms with Gasteiger partial charge in [0.15, 0.2) is 0 Å². The van der Waals surface area contributed by atoms with Crippen LogP contribution in [-0.2, 0) is 9.53 Å². The van der Waals surface area contributed by atoms with Gasteiger partial charge in [0.05, 0.1) is 20.3 Å². The molecular weight excluding hydrogens is 270 g/mol. The monoisotopic (exact) mass is 291 g/mol. The largest absolute Gasteiger partial charge is 0.497 e. The minimum atomic E-state index is -0.00702. The highest BCUT2D eigenvalue weighted by atomic mass is 16.5. The predicted molar refractivity (Wildman–Crippen MR) is 80.6 cm³/mol. The van der Waals surface area contributed by atoms with Crippen LogP contribution in [0.15, 0.2) is 24.3 Å². The normalized spacial score (nSPS) is 18.2. The number of benzene rings is 1. The van der Waals surface area contributed by atoms with E-state index in [2.05, 4.69) is 0 Å². The zero-order valence-electron chi connectivity index (χ0n) is 12.7. The third kappa shape index (κ3) is 3.76. The molecule has 0 spiro atoms. The maximum absolute atomic E-state index is 12.1. The lowest BCUT2D eigenvalue weighted by atomic mass is 10.1. The molecule has 21 heavy (non-hydrogen) atoms. The molecule has 1 saturated heterocycles. The summed E-state index contributed by atoms with van der Waals surface area (Å²) in [6, 6.07) is 5.49. The Balaban J connectivity index is 2.05. The molecule has 1 aromatic rings. The third-order valence-corrected chi connectivity index (χ3v) is 3.64. The number of carbonyl (C=O) groups excluding carboxylic acids is 1. The highest BCUT2D eigenvalue weighted by molar-refractivity contribution is 5.92. The zero-order valence-corrected chi connectivity index (χ0v) is 12.7. The number of carbonyl (C=O) groups is 1. The van der Waals surface area contributed by atoms with Gasteiger partial charge >= 0.3 is 0 Å². The first-order chi connectivity index (χ1) is 10.2. The van der Waals surface area contributed by atoms with Crippen LogP contribution in [0.1, 0.15) is 12.0 Å². The Hall–Kier alpha value is -2.01. The van der Waals surface area contributed by atoms with Crippen molar-refractivity contribution in [2.24, 2.45) is 0 Å². The summed E-state index contributed by atoms with van der Waals surface area (Å²) in [4.78, 5) is 13.9. The molecule has 1 atom stereocenters. The van der Waals surface area contributed by atoms with Crippen molar-refractivity contribution in [3.63, 3.8) is 0 Å². The zero-order chi connectivity index (χ0) is 15.2. The molecule has 1 aromatic carbocycles. The van der Waals surface area contributed by atoms with Gasteiger partial charge in [-0.25, -0.2) is 0 Å². The van der Waals surface area contributed by atoms with Crippen molar-refractivity contribution in [3.8, 4) is 11.5 Å². The summed E-state index contributed by atoms with van der Waals surface area (Å²) in [6.45, 7) is 1.39. The van der Waals surface area contributed by atoms with Crippen LogP contribution >= 0.6 is 0 Å². The fraction of sp³-hybridized carbons (Fsp3) is 0.438. The second-order valence-electron chi connectivity index (χ2n) is 4.87. The van der Waals surface area contributed by atoms with Gasteiger partial charge in [0, 0.05) is 37.9 Å². The summed E-state index contributed by atoms with van der Waals surface area (Å²) in [5, 5.41) is 0. The molecule has 0 aromatic heterocycles. The van der Waals surface area contributed by atoms with E-state index in [1.165, 1.54) is 0 Å². The van der Waals surface area contributed by atoms with Gasteiger partial charge in [-0.2, -0.15) is 0 Å². The van der Waals surface area contributed by atoms with E-state index in [1.807, 2.05) is 12.1 Å². The van der Waals surface area contributed by atoms with Gasteiger partial charge in [0.2, 0.25) is 5.91 Å². The predicted octanol–water partition coefficient (Wildman–Crippen LogP) is 1.96. The first kappa shape index (κ1) is 15.4. The maximum atomic E-state index is 12.1. The number of hydrogen-bond donors (Lipinski definition) is 0. The Morgan fingerprint density at radius 2 is 2.10 bits per heavy atom. The quantitative estimate of drug-likeness (QED) is 0.778. The molecule has 1 fully saturated rings. The lowest BCUT2D eigenvalue weighted by molar-refractivity contribution is -0.125. The van der Waals surface area contributed by atoms with E-state index >= 15 is 0 Å². The van der Waals surface area contributed by atoms with Gasteiger partial charge in [-0.1, -0.05) is 0 Å². The number of likely N-dealkylation sites (tertiary alicyclic amines) is 1. The Bertz CT molecular complexity index is 527. The molecule has 114 valence electrons. The van der Waals surface area contributed by atoms with Crippen LogP contribution in [0.25, 0.3) is 6.08 Å². The van der Waals surface area contributed by atoms with Crippen molar-refractivity contribution in [1.82, 2.24) is 4.90 Å². The standard InChI is InChI=1S/C16H21NO4/c1-19-13-6-4-12(15(10-13)21-3)5-7-16(18)17-9-8-14(11-17)20-2/h4-7,10,14H,8-9,11H2,1-3H3/b7-5+. The van der Waals surface area contributed by atoms with Crippen LogP contribution in [0.3, 0.4) is 0 Å². The number of nitrogens with zero attached hydrogens (tertiary/aromatic N) is 1. The molecule has 1 aliphatic rings. The Kier molecular flexibility index (Phi) is 5.22. The fourth-order valence-corrected chi connectivity index (χ4v) is 2.34. The number of methoxy groups -OCH3 is 3. The molecule has 1 amide bonds. The van der Waals surface area contributed by atoms with Crippen molar-refractivity contribution in [1.29, 1.82) is 0 Å². The van der Waals surface area contributed by atoms with Crippen LogP contribution < -0.4 is 9.47 Å². The first-order valence-corrected chi connectivity index (χ1v) is 6.89. The average Bonchev–Trinajstić information content (AvgIpc) is 3.01. The van der Waals surface area contributed by atoms with Crippen LogP contribution in [0.4, 0.5) is 0 Å². The number of hydrogen-bond acceptors (Lipinski definition) is 4. The molecular formula is C16H21NO4. The van der Waals surface area contributed by atoms with Gasteiger partial charge in [0.1, 0.15) is 11.5 Å². The number of amides is 1. The smallest absolute Gasteiger partial charge is 0.246 e. The molecule has 1 unspecified atom stereocenters. The fourth-order valence-electron chi connectivity index (χ4n) is 2.34. The molecule has 0 bridgehead atoms. The van der Waals surface area contributed by atoms with Crippen molar-refractivity contribution < 1.29 is 19.0 Å². The molecule has 0 aliphatic carbocycles. The van der Waals surface area contributed by atoms with Gasteiger partial charge in [0.25, 0.3) is 0 Å². The Morgan fingerprint density at radius 3 is 2.71 bits per heavy atom. The van der Waals surface area contributed by atoms with Gasteiger partial charge in [-0.05, 0) is 24.6 Å². The summed E-state index contributed by atoms with van der Waals surface area (Å²) < 4.78 is 15.7. The average molecular weight is 291 g/mol. The van der Waals surface area contributed by atoms with Crippen molar-refractivity contribution in [3.05, 3.63) is 29.8 Å². The van der Waals surface area contributed by atoms with Crippen LogP contribution in [-0.4, -0.2) is 51.3 Å². The Labute approximate surface area is 125 Å². The summed E-state index contributed by atoms with van der Waals surface area (Å²) in [6.07, 6.45) is 4.38. The summed E-state index contributed by atoms with van der Waals surface area (Å²) in [5.41, 5.74) is 0.842. The van der Waals surface area contributed by atoms with Gasteiger partial charge in [-0.15, -0.1) is 0 Å². The van der Waals surface area contributed by atoms with Gasteiger partial charge in [-0.3, -0.25) is 4.79 Å². The lowest BCUT2D eigenvalue weighted by Gasteiger charge is -2.13. The number of ether oxygens (including phenoxy) is 3. The topological polar surface area (TPSA) is 48.0 Å². The van der Waals surface area contributed by atoms with Crippen LogP contribution in [0.2, 0.25) is 0 Å². The molecule has 0 saturated carbocycles. The minimum Gasteiger partial charge on any atom is -0.497 e. The summed E-state index contributed by atoms with van der Waals surface area (Å²) >= 11 is 0. The summed E-state index contributed by atoms with van der Waals surface area (Å²) in [7, 11) is 4.88. The Morgan fingerprint density at radius 1 is 1.29 bits per heavy atom. The molecule has 2 rings (SSSR count). The molecule has 5 nitrogen and oxygen atoms in total. The minimum absolute atomic E-state index is 0.00702. The maximum Gasteiger partial charge on any atom is 0.246 e. The lowest BCUT2D eigenvalue weighted by Crippen LogP contribution is -2.28. The van der Waals surface area contributed by atoms with E-state index in [0.717, 1.165) is 24.3 Å². The molecule has 0 N–H and O–H groups in total. The van der Waals surface area contributed by atoms with Crippen molar-refractivity contribution in [2.45, 2.75) is 12.5 Å². The molecule has 1 aliphatic heterocycles. The van der Waals surface area contributed by atoms with E-state index in [0.29, 0.717) is 12.3 Å². The molecule has 1 heterocycles. The van der Waals surface area contributed by atoms with E-state index < -0.39 is 0 Å². The molecule has 5 heteroatoms.